The minimum Gasteiger partial charge on any atom is -0.319 e. The van der Waals surface area contributed by atoms with E-state index in [0.29, 0.717) is 5.92 Å². The van der Waals surface area contributed by atoms with Gasteiger partial charge in [-0.1, -0.05) is 6.92 Å². The van der Waals surface area contributed by atoms with E-state index in [9.17, 15) is 0 Å². The number of thiophene rings is 1. The lowest BCUT2D eigenvalue weighted by Crippen LogP contribution is -2.18. The summed E-state index contributed by atoms with van der Waals surface area (Å²) in [6, 6.07) is 6.10. The molecule has 0 radical (unpaired) electrons. The van der Waals surface area contributed by atoms with Crippen LogP contribution in [0.2, 0.25) is 0 Å². The van der Waals surface area contributed by atoms with Crippen LogP contribution in [0, 0.1) is 0 Å². The van der Waals surface area contributed by atoms with Crippen LogP contribution in [-0.2, 0) is 0 Å². The number of hydrogen-bond acceptors (Lipinski definition) is 4. The molecule has 1 N–H and O–H groups in total. The third kappa shape index (κ3) is 3.16. The lowest BCUT2D eigenvalue weighted by atomic mass is 10.1. The first-order valence-electron chi connectivity index (χ1n) is 5.97. The maximum Gasteiger partial charge on any atom is 0.133 e. The topological polar surface area (TPSA) is 37.8 Å². The highest BCUT2D eigenvalue weighted by atomic mass is 79.9. The molecule has 0 aliphatic heterocycles. The third-order valence-electron chi connectivity index (χ3n) is 2.81. The van der Waals surface area contributed by atoms with Crippen LogP contribution in [0.5, 0.6) is 0 Å². The second-order valence-corrected chi connectivity index (χ2v) is 6.53. The lowest BCUT2D eigenvalue weighted by molar-refractivity contribution is 0.580. The number of halogens is 1. The monoisotopic (exact) mass is 325 g/mol. The minimum atomic E-state index is 0.373. The van der Waals surface area contributed by atoms with Gasteiger partial charge in [0.1, 0.15) is 5.82 Å². The molecule has 0 spiro atoms. The van der Waals surface area contributed by atoms with Crippen LogP contribution in [0.25, 0.3) is 10.6 Å². The highest BCUT2D eigenvalue weighted by Crippen LogP contribution is 2.30. The van der Waals surface area contributed by atoms with Crippen molar-refractivity contribution in [3.63, 3.8) is 0 Å². The van der Waals surface area contributed by atoms with Gasteiger partial charge in [-0.15, -0.1) is 11.3 Å². The molecular weight excluding hydrogens is 310 g/mol. The number of hydrogen-bond donors (Lipinski definition) is 1. The second kappa shape index (κ2) is 6.41. The number of aromatic nitrogens is 2. The van der Waals surface area contributed by atoms with Gasteiger partial charge in [-0.2, -0.15) is 0 Å². The Morgan fingerprint density at radius 1 is 1.39 bits per heavy atom. The van der Waals surface area contributed by atoms with Crippen molar-refractivity contribution in [2.24, 2.45) is 0 Å². The van der Waals surface area contributed by atoms with Gasteiger partial charge in [-0.05, 0) is 47.6 Å². The molecule has 3 nitrogen and oxygen atoms in total. The van der Waals surface area contributed by atoms with Gasteiger partial charge in [0.2, 0.25) is 0 Å². The molecule has 18 heavy (non-hydrogen) atoms. The van der Waals surface area contributed by atoms with Crippen molar-refractivity contribution >= 4 is 27.3 Å². The fourth-order valence-corrected chi connectivity index (χ4v) is 3.18. The van der Waals surface area contributed by atoms with Gasteiger partial charge in [-0.3, -0.25) is 0 Å². The van der Waals surface area contributed by atoms with Crippen LogP contribution in [0.3, 0.4) is 0 Å². The van der Waals surface area contributed by atoms with E-state index in [1.54, 1.807) is 11.3 Å². The summed E-state index contributed by atoms with van der Waals surface area (Å²) in [7, 11) is 1.96. The molecule has 0 aliphatic carbocycles. The molecule has 2 aromatic rings. The first kappa shape index (κ1) is 13.6. The number of rotatable bonds is 5. The van der Waals surface area contributed by atoms with Gasteiger partial charge in [0, 0.05) is 18.7 Å². The van der Waals surface area contributed by atoms with Gasteiger partial charge in [0.05, 0.1) is 14.4 Å². The van der Waals surface area contributed by atoms with Crippen molar-refractivity contribution in [2.45, 2.75) is 19.3 Å². The molecule has 1 unspecified atom stereocenters. The van der Waals surface area contributed by atoms with Gasteiger partial charge in [0.25, 0.3) is 0 Å². The second-order valence-electron chi connectivity index (χ2n) is 4.07. The predicted octanol–water partition coefficient (Wildman–Crippen LogP) is 3.68. The van der Waals surface area contributed by atoms with Gasteiger partial charge < -0.3 is 5.32 Å². The maximum absolute atomic E-state index is 4.68. The van der Waals surface area contributed by atoms with Crippen LogP contribution >= 0.6 is 27.3 Å². The fraction of sp³-hybridized carbons (Fsp3) is 0.385. The Hall–Kier alpha value is -0.780. The quantitative estimate of drug-likeness (QED) is 0.911. The zero-order valence-electron chi connectivity index (χ0n) is 10.5. The molecule has 0 saturated heterocycles. The summed E-state index contributed by atoms with van der Waals surface area (Å²) in [5.41, 5.74) is 1.00. The van der Waals surface area contributed by atoms with Gasteiger partial charge in [0.15, 0.2) is 0 Å². The summed E-state index contributed by atoms with van der Waals surface area (Å²) in [4.78, 5) is 10.3. The summed E-state index contributed by atoms with van der Waals surface area (Å²) < 4.78 is 1.12. The molecule has 0 saturated carbocycles. The number of nitrogens with one attached hydrogen (secondary N) is 1. The average Bonchev–Trinajstić information content (AvgIpc) is 2.83. The maximum atomic E-state index is 4.68. The van der Waals surface area contributed by atoms with E-state index < -0.39 is 0 Å². The first-order chi connectivity index (χ1) is 8.74. The summed E-state index contributed by atoms with van der Waals surface area (Å²) in [5.74, 6) is 1.30. The van der Waals surface area contributed by atoms with Gasteiger partial charge in [-0.25, -0.2) is 9.97 Å². The van der Waals surface area contributed by atoms with E-state index in [-0.39, 0.29) is 0 Å². The molecule has 0 aliphatic rings. The summed E-state index contributed by atoms with van der Waals surface area (Å²) >= 11 is 5.17. The van der Waals surface area contributed by atoms with E-state index in [1.807, 2.05) is 25.4 Å². The fourth-order valence-electron chi connectivity index (χ4n) is 1.82. The van der Waals surface area contributed by atoms with E-state index >= 15 is 0 Å². The Morgan fingerprint density at radius 2 is 2.22 bits per heavy atom. The standard InChI is InChI=1S/C13H16BrN3S/c1-3-9(8-15-2)13-16-7-6-10(17-13)11-4-5-12(14)18-11/h4-7,9,15H,3,8H2,1-2H3. The molecule has 1 atom stereocenters. The van der Waals surface area contributed by atoms with Crippen LogP contribution in [0.15, 0.2) is 28.2 Å². The minimum absolute atomic E-state index is 0.373. The van der Waals surface area contributed by atoms with Crippen molar-refractivity contribution in [2.75, 3.05) is 13.6 Å². The van der Waals surface area contributed by atoms with Gasteiger partial charge >= 0.3 is 0 Å². The van der Waals surface area contributed by atoms with Crippen molar-refractivity contribution in [3.8, 4) is 10.6 Å². The Bertz CT molecular complexity index is 512. The molecule has 96 valence electrons. The zero-order chi connectivity index (χ0) is 13.0. The van der Waals surface area contributed by atoms with Crippen LogP contribution in [0.4, 0.5) is 0 Å². The molecule has 0 aromatic carbocycles. The van der Waals surface area contributed by atoms with Crippen molar-refractivity contribution < 1.29 is 0 Å². The molecular formula is C13H16BrN3S. The lowest BCUT2D eigenvalue weighted by Gasteiger charge is -2.13. The summed E-state index contributed by atoms with van der Waals surface area (Å²) in [5, 5.41) is 3.20. The summed E-state index contributed by atoms with van der Waals surface area (Å²) in [6.07, 6.45) is 2.89. The molecule has 0 bridgehead atoms. The van der Waals surface area contributed by atoms with E-state index in [0.717, 1.165) is 28.3 Å². The average molecular weight is 326 g/mol. The Labute approximate surface area is 120 Å². The van der Waals surface area contributed by atoms with Crippen LogP contribution < -0.4 is 5.32 Å². The largest absolute Gasteiger partial charge is 0.319 e. The molecule has 2 heterocycles. The molecule has 0 amide bonds. The van der Waals surface area contributed by atoms with Crippen molar-refractivity contribution in [1.29, 1.82) is 0 Å². The van der Waals surface area contributed by atoms with E-state index in [1.165, 1.54) is 4.88 Å². The highest BCUT2D eigenvalue weighted by molar-refractivity contribution is 9.11. The normalized spacial score (nSPS) is 12.6. The SMILES string of the molecule is CCC(CNC)c1nccc(-c2ccc(Br)s2)n1. The Kier molecular flexibility index (Phi) is 4.86. The number of nitrogens with zero attached hydrogens (tertiary/aromatic N) is 2. The van der Waals surface area contributed by atoms with Crippen LogP contribution in [0.1, 0.15) is 25.1 Å². The number of likely N-dealkylation sites (N-methyl/N-ethyl adjacent to an activating group) is 1. The summed E-state index contributed by atoms with van der Waals surface area (Å²) in [6.45, 7) is 3.08. The zero-order valence-corrected chi connectivity index (χ0v) is 12.9. The Balaban J connectivity index is 2.29. The van der Waals surface area contributed by atoms with Crippen LogP contribution in [-0.4, -0.2) is 23.6 Å². The smallest absolute Gasteiger partial charge is 0.133 e. The Morgan fingerprint density at radius 3 is 2.83 bits per heavy atom. The van der Waals surface area contributed by atoms with E-state index in [2.05, 4.69) is 44.2 Å². The highest BCUT2D eigenvalue weighted by Gasteiger charge is 2.13. The third-order valence-corrected chi connectivity index (χ3v) is 4.45. The predicted molar refractivity (Wildman–Crippen MR) is 80.0 cm³/mol. The molecule has 5 heteroatoms. The first-order valence-corrected chi connectivity index (χ1v) is 7.58. The van der Waals surface area contributed by atoms with Crippen molar-refractivity contribution in [3.05, 3.63) is 34.0 Å². The molecule has 2 aromatic heterocycles. The van der Waals surface area contributed by atoms with E-state index in [4.69, 9.17) is 0 Å². The molecule has 2 rings (SSSR count). The van der Waals surface area contributed by atoms with Crippen molar-refractivity contribution in [1.82, 2.24) is 15.3 Å². The molecule has 0 fully saturated rings.